The lowest BCUT2D eigenvalue weighted by atomic mass is 10.0. The Labute approximate surface area is 152 Å². The topological polar surface area (TPSA) is 91.9 Å². The van der Waals surface area contributed by atoms with E-state index in [1.54, 1.807) is 31.2 Å². The first-order valence-corrected chi connectivity index (χ1v) is 9.51. The summed E-state index contributed by atoms with van der Waals surface area (Å²) in [4.78, 5) is 11.4. The third kappa shape index (κ3) is 3.67. The van der Waals surface area contributed by atoms with Gasteiger partial charge in [0.1, 0.15) is 0 Å². The Kier molecular flexibility index (Phi) is 4.65. The number of rotatable bonds is 4. The van der Waals surface area contributed by atoms with Crippen LogP contribution in [0.2, 0.25) is 0 Å². The molecule has 2 N–H and O–H groups in total. The average Bonchev–Trinajstić information content (AvgIpc) is 2.59. The molecule has 0 bridgehead atoms. The predicted molar refractivity (Wildman–Crippen MR) is 102 cm³/mol. The van der Waals surface area contributed by atoms with E-state index in [1.807, 2.05) is 32.0 Å². The van der Waals surface area contributed by atoms with Gasteiger partial charge in [-0.3, -0.25) is 9.52 Å². The van der Waals surface area contributed by atoms with Gasteiger partial charge < -0.3 is 0 Å². The van der Waals surface area contributed by atoms with Crippen LogP contribution in [0, 0.1) is 20.8 Å². The van der Waals surface area contributed by atoms with Crippen LogP contribution < -0.4 is 10.3 Å². The van der Waals surface area contributed by atoms with E-state index in [-0.39, 0.29) is 10.5 Å². The number of aromatic amines is 1. The van der Waals surface area contributed by atoms with Gasteiger partial charge in [0.05, 0.1) is 10.6 Å². The van der Waals surface area contributed by atoms with Gasteiger partial charge in [0.25, 0.3) is 15.6 Å². The van der Waals surface area contributed by atoms with Crippen LogP contribution in [0.25, 0.3) is 11.3 Å². The highest BCUT2D eigenvalue weighted by atomic mass is 32.2. The minimum Gasteiger partial charge on any atom is -0.280 e. The standard InChI is InChI=1S/C19H19N3O3S/c1-12-4-6-16(7-5-12)22-26(24,25)18-11-15(10-13(2)14(18)3)17-8-9-19(23)21-20-17/h4-11,22H,1-3H3,(H,21,23). The van der Waals surface area contributed by atoms with Crippen molar-refractivity contribution in [3.8, 4) is 11.3 Å². The fraction of sp³-hybridized carbons (Fsp3) is 0.158. The summed E-state index contributed by atoms with van der Waals surface area (Å²) >= 11 is 0. The molecule has 0 aliphatic rings. The Bertz CT molecular complexity index is 1100. The molecule has 134 valence electrons. The van der Waals surface area contributed by atoms with Crippen molar-refractivity contribution in [1.29, 1.82) is 0 Å². The second-order valence-electron chi connectivity index (χ2n) is 6.19. The molecule has 7 heteroatoms. The molecule has 26 heavy (non-hydrogen) atoms. The molecule has 0 saturated carbocycles. The number of aryl methyl sites for hydroxylation is 2. The largest absolute Gasteiger partial charge is 0.280 e. The second kappa shape index (κ2) is 6.76. The lowest BCUT2D eigenvalue weighted by Gasteiger charge is -2.14. The number of nitrogens with one attached hydrogen (secondary N) is 2. The predicted octanol–water partition coefficient (Wildman–Crippen LogP) is 3.16. The fourth-order valence-electron chi connectivity index (χ4n) is 2.59. The van der Waals surface area contributed by atoms with Gasteiger partial charge in [-0.05, 0) is 62.2 Å². The van der Waals surface area contributed by atoms with Gasteiger partial charge in [0.15, 0.2) is 0 Å². The summed E-state index contributed by atoms with van der Waals surface area (Å²) in [5.41, 5.74) is 3.84. The minimum atomic E-state index is -3.77. The number of aromatic nitrogens is 2. The summed E-state index contributed by atoms with van der Waals surface area (Å²) in [6, 6.07) is 13.5. The highest BCUT2D eigenvalue weighted by Gasteiger charge is 2.20. The molecule has 0 unspecified atom stereocenters. The number of hydrogen-bond acceptors (Lipinski definition) is 4. The smallest absolute Gasteiger partial charge is 0.264 e. The first-order valence-electron chi connectivity index (χ1n) is 8.03. The van der Waals surface area contributed by atoms with Crippen molar-refractivity contribution >= 4 is 15.7 Å². The molecule has 0 aliphatic carbocycles. The molecule has 0 fully saturated rings. The number of nitrogens with zero attached hydrogens (tertiary/aromatic N) is 1. The number of sulfonamides is 1. The molecule has 1 aromatic heterocycles. The Hall–Kier alpha value is -2.93. The van der Waals surface area contributed by atoms with Crippen LogP contribution in [-0.2, 0) is 10.0 Å². The third-order valence-electron chi connectivity index (χ3n) is 4.19. The Balaban J connectivity index is 2.06. The average molecular weight is 369 g/mol. The van der Waals surface area contributed by atoms with E-state index in [0.29, 0.717) is 22.5 Å². The molecule has 0 radical (unpaired) electrons. The molecular weight excluding hydrogens is 350 g/mol. The molecule has 2 aromatic carbocycles. The van der Waals surface area contributed by atoms with Gasteiger partial charge in [-0.15, -0.1) is 0 Å². The maximum absolute atomic E-state index is 12.9. The molecule has 0 aliphatic heterocycles. The monoisotopic (exact) mass is 369 g/mol. The van der Waals surface area contributed by atoms with E-state index in [9.17, 15) is 13.2 Å². The molecule has 6 nitrogen and oxygen atoms in total. The number of benzene rings is 2. The molecule has 0 saturated heterocycles. The molecule has 3 aromatic rings. The lowest BCUT2D eigenvalue weighted by Crippen LogP contribution is -2.15. The summed E-state index contributed by atoms with van der Waals surface area (Å²) in [6.07, 6.45) is 0. The van der Waals surface area contributed by atoms with Crippen molar-refractivity contribution in [3.05, 3.63) is 75.6 Å². The number of H-pyrrole nitrogens is 1. The molecule has 1 heterocycles. The van der Waals surface area contributed by atoms with Gasteiger partial charge in [-0.1, -0.05) is 17.7 Å². The maximum atomic E-state index is 12.9. The molecule has 0 atom stereocenters. The Morgan fingerprint density at radius 3 is 2.27 bits per heavy atom. The molecular formula is C19H19N3O3S. The van der Waals surface area contributed by atoms with Crippen molar-refractivity contribution < 1.29 is 8.42 Å². The number of hydrogen-bond donors (Lipinski definition) is 2. The summed E-state index contributed by atoms with van der Waals surface area (Å²) in [5, 5.41) is 6.35. The minimum absolute atomic E-state index is 0.182. The van der Waals surface area contributed by atoms with Gasteiger partial charge >= 0.3 is 0 Å². The van der Waals surface area contributed by atoms with Gasteiger partial charge in [0, 0.05) is 17.3 Å². The molecule has 3 rings (SSSR count). The Morgan fingerprint density at radius 1 is 0.962 bits per heavy atom. The van der Waals surface area contributed by atoms with Crippen molar-refractivity contribution in [1.82, 2.24) is 10.2 Å². The van der Waals surface area contributed by atoms with E-state index >= 15 is 0 Å². The van der Waals surface area contributed by atoms with E-state index < -0.39 is 10.0 Å². The van der Waals surface area contributed by atoms with E-state index in [2.05, 4.69) is 14.9 Å². The van der Waals surface area contributed by atoms with Crippen LogP contribution in [0.5, 0.6) is 0 Å². The second-order valence-corrected chi connectivity index (χ2v) is 7.85. The van der Waals surface area contributed by atoms with Crippen LogP contribution in [-0.4, -0.2) is 18.6 Å². The zero-order chi connectivity index (χ0) is 18.9. The summed E-state index contributed by atoms with van der Waals surface area (Å²) in [7, 11) is -3.77. The third-order valence-corrected chi connectivity index (χ3v) is 5.70. The normalized spacial score (nSPS) is 11.3. The van der Waals surface area contributed by atoms with Crippen LogP contribution in [0.4, 0.5) is 5.69 Å². The van der Waals surface area contributed by atoms with Gasteiger partial charge in [0.2, 0.25) is 0 Å². The molecule has 0 spiro atoms. The maximum Gasteiger partial charge on any atom is 0.264 e. The van der Waals surface area contributed by atoms with Crippen LogP contribution in [0.15, 0.2) is 58.2 Å². The van der Waals surface area contributed by atoms with E-state index in [1.165, 1.54) is 6.07 Å². The SMILES string of the molecule is Cc1ccc(NS(=O)(=O)c2cc(-c3ccc(=O)[nH]n3)cc(C)c2C)cc1. The summed E-state index contributed by atoms with van der Waals surface area (Å²) in [6.45, 7) is 5.55. The van der Waals surface area contributed by atoms with Crippen molar-refractivity contribution in [2.24, 2.45) is 0 Å². The summed E-state index contributed by atoms with van der Waals surface area (Å²) in [5.74, 6) is 0. The van der Waals surface area contributed by atoms with Crippen LogP contribution >= 0.6 is 0 Å². The fourth-order valence-corrected chi connectivity index (χ4v) is 3.99. The van der Waals surface area contributed by atoms with Crippen molar-refractivity contribution in [3.63, 3.8) is 0 Å². The van der Waals surface area contributed by atoms with Crippen molar-refractivity contribution in [2.45, 2.75) is 25.7 Å². The van der Waals surface area contributed by atoms with Gasteiger partial charge in [-0.25, -0.2) is 13.5 Å². The number of anilines is 1. The highest BCUT2D eigenvalue weighted by Crippen LogP contribution is 2.28. The first-order chi connectivity index (χ1) is 12.3. The zero-order valence-corrected chi connectivity index (χ0v) is 15.5. The molecule has 0 amide bonds. The first kappa shape index (κ1) is 17.9. The van der Waals surface area contributed by atoms with Crippen LogP contribution in [0.1, 0.15) is 16.7 Å². The quantitative estimate of drug-likeness (QED) is 0.739. The van der Waals surface area contributed by atoms with E-state index in [4.69, 9.17) is 0 Å². The Morgan fingerprint density at radius 2 is 1.65 bits per heavy atom. The highest BCUT2D eigenvalue weighted by molar-refractivity contribution is 7.92. The van der Waals surface area contributed by atoms with Gasteiger partial charge in [-0.2, -0.15) is 5.10 Å². The lowest BCUT2D eigenvalue weighted by molar-refractivity contribution is 0.600. The zero-order valence-electron chi connectivity index (χ0n) is 14.7. The summed E-state index contributed by atoms with van der Waals surface area (Å²) < 4.78 is 28.4. The van der Waals surface area contributed by atoms with E-state index in [0.717, 1.165) is 11.1 Å². The van der Waals surface area contributed by atoms with Crippen molar-refractivity contribution in [2.75, 3.05) is 4.72 Å². The van der Waals surface area contributed by atoms with Crippen LogP contribution in [0.3, 0.4) is 0 Å².